The number of H-pyrrole nitrogens is 1. The second-order valence-corrected chi connectivity index (χ2v) is 8.21. The third-order valence-electron chi connectivity index (χ3n) is 6.22. The van der Waals surface area contributed by atoms with Crippen molar-refractivity contribution in [3.05, 3.63) is 81.5 Å². The molecular formula is C24H24N4O3. The molecule has 0 aliphatic carbocycles. The molecule has 5 rings (SSSR count). The van der Waals surface area contributed by atoms with Crippen molar-refractivity contribution >= 4 is 5.91 Å². The number of aromatic nitrogens is 3. The summed E-state index contributed by atoms with van der Waals surface area (Å²) < 4.78 is 6.30. The van der Waals surface area contributed by atoms with Crippen LogP contribution in [0.3, 0.4) is 0 Å². The monoisotopic (exact) mass is 416 g/mol. The van der Waals surface area contributed by atoms with Gasteiger partial charge >= 0.3 is 0 Å². The summed E-state index contributed by atoms with van der Waals surface area (Å²) in [4.78, 5) is 39.4. The van der Waals surface area contributed by atoms with Gasteiger partial charge in [-0.25, -0.2) is 9.97 Å². The molecular weight excluding hydrogens is 392 g/mol. The van der Waals surface area contributed by atoms with Gasteiger partial charge in [-0.1, -0.05) is 30.3 Å². The second kappa shape index (κ2) is 7.74. The molecule has 0 radical (unpaired) electrons. The Labute approximate surface area is 180 Å². The van der Waals surface area contributed by atoms with Crippen molar-refractivity contribution in [1.82, 2.24) is 19.9 Å². The van der Waals surface area contributed by atoms with Crippen LogP contribution in [0.15, 0.2) is 53.6 Å². The zero-order valence-corrected chi connectivity index (χ0v) is 17.4. The van der Waals surface area contributed by atoms with Crippen LogP contribution in [0.25, 0.3) is 11.4 Å². The van der Waals surface area contributed by atoms with E-state index in [0.29, 0.717) is 38.4 Å². The zero-order chi connectivity index (χ0) is 21.4. The molecule has 1 N–H and O–H groups in total. The van der Waals surface area contributed by atoms with E-state index in [1.165, 1.54) is 12.3 Å². The molecule has 3 aromatic rings. The predicted molar refractivity (Wildman–Crippen MR) is 116 cm³/mol. The Morgan fingerprint density at radius 3 is 2.71 bits per heavy atom. The first-order valence-electron chi connectivity index (χ1n) is 10.6. The minimum absolute atomic E-state index is 0.181. The van der Waals surface area contributed by atoms with Gasteiger partial charge in [0.05, 0.1) is 12.3 Å². The van der Waals surface area contributed by atoms with E-state index in [9.17, 15) is 9.59 Å². The molecule has 7 nitrogen and oxygen atoms in total. The largest absolute Gasteiger partial charge is 0.368 e. The molecule has 158 valence electrons. The summed E-state index contributed by atoms with van der Waals surface area (Å²) in [5, 5.41) is 0. The minimum Gasteiger partial charge on any atom is -0.368 e. The second-order valence-electron chi connectivity index (χ2n) is 8.21. The first kappa shape index (κ1) is 19.6. The molecule has 7 heteroatoms. The molecule has 1 amide bonds. The molecule has 1 saturated heterocycles. The number of hydrogen-bond acceptors (Lipinski definition) is 5. The van der Waals surface area contributed by atoms with Gasteiger partial charge in [-0.3, -0.25) is 9.59 Å². The Bertz CT molecular complexity index is 1180. The van der Waals surface area contributed by atoms with E-state index < -0.39 is 5.60 Å². The summed E-state index contributed by atoms with van der Waals surface area (Å²) >= 11 is 0. The van der Waals surface area contributed by atoms with Gasteiger partial charge in [0.25, 0.3) is 5.91 Å². The van der Waals surface area contributed by atoms with Crippen molar-refractivity contribution in [2.75, 3.05) is 19.7 Å². The Morgan fingerprint density at radius 1 is 1.19 bits per heavy atom. The lowest BCUT2D eigenvalue weighted by Gasteiger charge is -2.44. The van der Waals surface area contributed by atoms with Gasteiger partial charge in [0.15, 0.2) is 11.3 Å². The number of aryl methyl sites for hydroxylation is 1. The fourth-order valence-electron chi connectivity index (χ4n) is 4.50. The van der Waals surface area contributed by atoms with Crippen LogP contribution in [0.4, 0.5) is 0 Å². The fourth-order valence-corrected chi connectivity index (χ4v) is 4.50. The minimum atomic E-state index is -0.517. The molecule has 2 aromatic heterocycles. The maximum atomic E-state index is 12.9. The van der Waals surface area contributed by atoms with Crippen molar-refractivity contribution in [1.29, 1.82) is 0 Å². The smallest absolute Gasteiger partial charge is 0.259 e. The van der Waals surface area contributed by atoms with E-state index in [1.54, 1.807) is 11.8 Å². The average molecular weight is 416 g/mol. The van der Waals surface area contributed by atoms with Crippen LogP contribution >= 0.6 is 0 Å². The normalized spacial score (nSPS) is 17.4. The molecule has 31 heavy (non-hydrogen) atoms. The molecule has 4 heterocycles. The first-order chi connectivity index (χ1) is 15.1. The van der Waals surface area contributed by atoms with Gasteiger partial charge in [0, 0.05) is 42.8 Å². The van der Waals surface area contributed by atoms with E-state index >= 15 is 0 Å². The molecule has 1 aromatic carbocycles. The fraction of sp³-hybridized carbons (Fsp3) is 0.333. The number of hydrogen-bond donors (Lipinski definition) is 1. The maximum Gasteiger partial charge on any atom is 0.259 e. The van der Waals surface area contributed by atoms with E-state index in [4.69, 9.17) is 9.72 Å². The molecule has 0 atom stereocenters. The molecule has 1 fully saturated rings. The Morgan fingerprint density at radius 2 is 1.97 bits per heavy atom. The lowest BCUT2D eigenvalue weighted by molar-refractivity contribution is -0.0967. The number of fused-ring (bicyclic) bond motifs is 2. The number of amides is 1. The van der Waals surface area contributed by atoms with Crippen molar-refractivity contribution in [2.24, 2.45) is 0 Å². The number of likely N-dealkylation sites (tertiary alicyclic amines) is 1. The summed E-state index contributed by atoms with van der Waals surface area (Å²) in [6.07, 6.45) is 5.49. The van der Waals surface area contributed by atoms with Crippen molar-refractivity contribution in [3.8, 4) is 11.4 Å². The third-order valence-corrected chi connectivity index (χ3v) is 6.22. The van der Waals surface area contributed by atoms with Gasteiger partial charge in [-0.05, 0) is 31.7 Å². The van der Waals surface area contributed by atoms with Crippen LogP contribution < -0.4 is 5.43 Å². The Kier molecular flexibility index (Phi) is 4.90. The quantitative estimate of drug-likeness (QED) is 0.694. The van der Waals surface area contributed by atoms with Crippen LogP contribution in [0.1, 0.15) is 40.2 Å². The van der Waals surface area contributed by atoms with Gasteiger partial charge in [-0.15, -0.1) is 0 Å². The molecule has 0 bridgehead atoms. The highest BCUT2D eigenvalue weighted by Crippen LogP contribution is 2.41. The number of carbonyl (C=O) groups is 1. The standard InChI is InChI=1S/C24H24N4O3/c1-16-13-20(29)19(15-25-16)23(30)28-10-8-24(9-11-28)21-18(7-12-31-24)14-26-22(27-21)17-5-3-2-4-6-17/h2-6,13-15H,7-12H2,1H3,(H,25,29). The summed E-state index contributed by atoms with van der Waals surface area (Å²) in [5.74, 6) is 0.453. The number of piperidine rings is 1. The SMILES string of the molecule is Cc1cc(=O)c(C(=O)N2CCC3(CC2)OCCc2cnc(-c4ccccc4)nc23)c[nH]1. The third kappa shape index (κ3) is 3.55. The molecule has 0 unspecified atom stereocenters. The number of pyridine rings is 1. The lowest BCUT2D eigenvalue weighted by atomic mass is 9.83. The van der Waals surface area contributed by atoms with E-state index in [-0.39, 0.29) is 16.9 Å². The summed E-state index contributed by atoms with van der Waals surface area (Å²) in [5.41, 5.74) is 3.17. The number of nitrogens with zero attached hydrogens (tertiary/aromatic N) is 3. The summed E-state index contributed by atoms with van der Waals surface area (Å²) in [7, 11) is 0. The highest BCUT2D eigenvalue weighted by Gasteiger charge is 2.43. The number of carbonyl (C=O) groups excluding carboxylic acids is 1. The number of nitrogens with one attached hydrogen (secondary N) is 1. The highest BCUT2D eigenvalue weighted by molar-refractivity contribution is 5.93. The topological polar surface area (TPSA) is 88.2 Å². The zero-order valence-electron chi connectivity index (χ0n) is 17.4. The van der Waals surface area contributed by atoms with Crippen LogP contribution in [0.5, 0.6) is 0 Å². The van der Waals surface area contributed by atoms with Gasteiger partial charge < -0.3 is 14.6 Å². The van der Waals surface area contributed by atoms with Gasteiger partial charge in [0.2, 0.25) is 0 Å². The number of benzene rings is 1. The predicted octanol–water partition coefficient (Wildman–Crippen LogP) is 2.84. The summed E-state index contributed by atoms with van der Waals surface area (Å²) in [6.45, 7) is 3.43. The van der Waals surface area contributed by atoms with Crippen molar-refractivity contribution < 1.29 is 9.53 Å². The number of rotatable bonds is 2. The van der Waals surface area contributed by atoms with Gasteiger partial charge in [0.1, 0.15) is 11.2 Å². The number of aromatic amines is 1. The first-order valence-corrected chi connectivity index (χ1v) is 10.6. The molecule has 2 aliphatic heterocycles. The molecule has 1 spiro atoms. The number of ether oxygens (including phenoxy) is 1. The van der Waals surface area contributed by atoms with Crippen LogP contribution in [-0.2, 0) is 16.8 Å². The Hall–Kier alpha value is -3.32. The molecule has 2 aliphatic rings. The summed E-state index contributed by atoms with van der Waals surface area (Å²) in [6, 6.07) is 11.4. The average Bonchev–Trinajstić information content (AvgIpc) is 2.80. The highest BCUT2D eigenvalue weighted by atomic mass is 16.5. The van der Waals surface area contributed by atoms with Crippen LogP contribution in [-0.4, -0.2) is 45.5 Å². The van der Waals surface area contributed by atoms with E-state index in [0.717, 1.165) is 28.9 Å². The van der Waals surface area contributed by atoms with Crippen molar-refractivity contribution in [2.45, 2.75) is 31.8 Å². The van der Waals surface area contributed by atoms with Gasteiger partial charge in [-0.2, -0.15) is 0 Å². The molecule has 0 saturated carbocycles. The van der Waals surface area contributed by atoms with Crippen LogP contribution in [0, 0.1) is 6.92 Å². The van der Waals surface area contributed by atoms with E-state index in [2.05, 4.69) is 9.97 Å². The van der Waals surface area contributed by atoms with Crippen molar-refractivity contribution in [3.63, 3.8) is 0 Å². The lowest BCUT2D eigenvalue weighted by Crippen LogP contribution is -2.49. The Balaban J connectivity index is 1.41. The van der Waals surface area contributed by atoms with Crippen LogP contribution in [0.2, 0.25) is 0 Å². The maximum absolute atomic E-state index is 12.9. The van der Waals surface area contributed by atoms with E-state index in [1.807, 2.05) is 36.5 Å².